The topological polar surface area (TPSA) is 74.4 Å². The van der Waals surface area contributed by atoms with Crippen LogP contribution in [0.1, 0.15) is 27.3 Å². The largest absolute Gasteiger partial charge is 0.379 e. The molecule has 0 radical (unpaired) electrons. The number of hydrogen-bond donors (Lipinski definition) is 2. The van der Waals surface area contributed by atoms with Crippen molar-refractivity contribution < 1.29 is 14.3 Å². The number of H-pyrrole nitrogens is 1. The molecule has 6 nitrogen and oxygen atoms in total. The van der Waals surface area contributed by atoms with Crippen LogP contribution in [0.4, 0.5) is 5.69 Å². The van der Waals surface area contributed by atoms with Crippen molar-refractivity contribution >= 4 is 52.5 Å². The molecule has 2 aliphatic heterocycles. The Morgan fingerprint density at radius 2 is 2.00 bits per heavy atom. The van der Waals surface area contributed by atoms with E-state index in [0.29, 0.717) is 47.3 Å². The van der Waals surface area contributed by atoms with Gasteiger partial charge in [-0.2, -0.15) is 0 Å². The highest BCUT2D eigenvalue weighted by atomic mass is 35.5. The first-order valence-electron chi connectivity index (χ1n) is 8.96. The minimum Gasteiger partial charge on any atom is -0.379 e. The summed E-state index contributed by atoms with van der Waals surface area (Å²) >= 11 is 7.98. The van der Waals surface area contributed by atoms with Gasteiger partial charge in [-0.15, -0.1) is 11.8 Å². The summed E-state index contributed by atoms with van der Waals surface area (Å²) in [5.74, 6) is 0.411. The fourth-order valence-corrected chi connectivity index (χ4v) is 4.46. The maximum absolute atomic E-state index is 12.9. The van der Waals surface area contributed by atoms with Gasteiger partial charge in [0, 0.05) is 35.5 Å². The fourth-order valence-electron chi connectivity index (χ4n) is 3.31. The molecule has 146 valence electrons. The number of halogens is 1. The fraction of sp³-hybridized carbons (Fsp3) is 0.300. The van der Waals surface area contributed by atoms with Crippen LogP contribution in [-0.4, -0.2) is 54.3 Å². The Hall–Kier alpha value is -2.22. The van der Waals surface area contributed by atoms with Crippen LogP contribution in [-0.2, 0) is 9.53 Å². The minimum absolute atomic E-state index is 0.112. The summed E-state index contributed by atoms with van der Waals surface area (Å²) < 4.78 is 5.66. The second-order valence-electron chi connectivity index (χ2n) is 6.81. The summed E-state index contributed by atoms with van der Waals surface area (Å²) in [6, 6.07) is 5.51. The SMILES string of the molecule is Cc1cc2c([nH]1)/C=C1\C(=O)Nc3cc(Cl)c(cc31)SCCOCCN(C)C2=O. The Bertz CT molecular complexity index is 999. The zero-order valence-electron chi connectivity index (χ0n) is 15.6. The van der Waals surface area contributed by atoms with Crippen molar-refractivity contribution in [3.05, 3.63) is 45.7 Å². The molecule has 2 aliphatic rings. The second kappa shape index (κ2) is 7.66. The average Bonchev–Trinajstić information content (AvgIpc) is 3.16. The summed E-state index contributed by atoms with van der Waals surface area (Å²) in [6.07, 6.45) is 1.74. The van der Waals surface area contributed by atoms with E-state index in [0.717, 1.165) is 21.9 Å². The number of aromatic amines is 1. The highest BCUT2D eigenvalue weighted by molar-refractivity contribution is 7.99. The van der Waals surface area contributed by atoms with E-state index in [1.54, 1.807) is 41.9 Å². The molecule has 2 amide bonds. The number of rotatable bonds is 0. The van der Waals surface area contributed by atoms with Crippen LogP contribution in [0.5, 0.6) is 0 Å². The number of nitrogens with one attached hydrogen (secondary N) is 2. The molecule has 3 heterocycles. The average molecular weight is 418 g/mol. The molecular weight excluding hydrogens is 398 g/mol. The van der Waals surface area contributed by atoms with Crippen molar-refractivity contribution in [1.82, 2.24) is 9.88 Å². The number of thioether (sulfide) groups is 1. The number of likely N-dealkylation sites (N-methyl/N-ethyl adjacent to an activating group) is 1. The van der Waals surface area contributed by atoms with Gasteiger partial charge in [0.1, 0.15) is 0 Å². The highest BCUT2D eigenvalue weighted by Crippen LogP contribution is 2.40. The van der Waals surface area contributed by atoms with E-state index in [1.807, 2.05) is 13.0 Å². The second-order valence-corrected chi connectivity index (χ2v) is 8.35. The lowest BCUT2D eigenvalue weighted by Crippen LogP contribution is -2.30. The molecule has 2 N–H and O–H groups in total. The van der Waals surface area contributed by atoms with Crippen LogP contribution in [0.25, 0.3) is 11.6 Å². The molecule has 1 aromatic carbocycles. The number of aromatic nitrogens is 1. The molecule has 0 atom stereocenters. The molecule has 0 aliphatic carbocycles. The molecule has 2 bridgehead atoms. The molecule has 8 heteroatoms. The Morgan fingerprint density at radius 3 is 2.82 bits per heavy atom. The molecule has 4 rings (SSSR count). The van der Waals surface area contributed by atoms with Gasteiger partial charge in [-0.25, -0.2) is 0 Å². The molecule has 0 saturated heterocycles. The van der Waals surface area contributed by atoms with Crippen molar-refractivity contribution in [2.75, 3.05) is 37.9 Å². The van der Waals surface area contributed by atoms with Crippen LogP contribution in [0, 0.1) is 6.92 Å². The first-order valence-corrected chi connectivity index (χ1v) is 10.3. The number of anilines is 1. The number of carbonyl (C=O) groups is 2. The van der Waals surface area contributed by atoms with Crippen LogP contribution < -0.4 is 5.32 Å². The number of nitrogens with zero attached hydrogens (tertiary/aromatic N) is 1. The van der Waals surface area contributed by atoms with Gasteiger partial charge in [0.15, 0.2) is 0 Å². The lowest BCUT2D eigenvalue weighted by atomic mass is 10.0. The Kier molecular flexibility index (Phi) is 5.23. The molecule has 0 fully saturated rings. The zero-order valence-corrected chi connectivity index (χ0v) is 17.2. The third-order valence-electron chi connectivity index (χ3n) is 4.76. The van der Waals surface area contributed by atoms with E-state index >= 15 is 0 Å². The molecule has 1 aromatic heterocycles. The maximum atomic E-state index is 12.9. The molecule has 28 heavy (non-hydrogen) atoms. The van der Waals surface area contributed by atoms with Crippen molar-refractivity contribution in [1.29, 1.82) is 0 Å². The number of amides is 2. The number of fused-ring (bicyclic) bond motifs is 2. The summed E-state index contributed by atoms with van der Waals surface area (Å²) in [5, 5.41) is 3.46. The predicted molar refractivity (Wildman–Crippen MR) is 112 cm³/mol. The zero-order chi connectivity index (χ0) is 19.8. The van der Waals surface area contributed by atoms with Gasteiger partial charge in [-0.1, -0.05) is 11.6 Å². The van der Waals surface area contributed by atoms with Crippen LogP contribution in [0.2, 0.25) is 5.02 Å². The van der Waals surface area contributed by atoms with E-state index in [4.69, 9.17) is 16.3 Å². The molecule has 0 saturated carbocycles. The summed E-state index contributed by atoms with van der Waals surface area (Å²) in [4.78, 5) is 31.2. The molecular formula is C20H20ClN3O3S. The van der Waals surface area contributed by atoms with Crippen molar-refractivity contribution in [2.45, 2.75) is 11.8 Å². The van der Waals surface area contributed by atoms with Crippen LogP contribution >= 0.6 is 23.4 Å². The van der Waals surface area contributed by atoms with Gasteiger partial charge >= 0.3 is 0 Å². The van der Waals surface area contributed by atoms with E-state index in [1.165, 1.54) is 0 Å². The lowest BCUT2D eigenvalue weighted by molar-refractivity contribution is -0.110. The maximum Gasteiger partial charge on any atom is 0.256 e. The van der Waals surface area contributed by atoms with E-state index in [2.05, 4.69) is 10.3 Å². The number of ether oxygens (including phenoxy) is 1. The number of carbonyl (C=O) groups excluding carboxylic acids is 2. The smallest absolute Gasteiger partial charge is 0.256 e. The number of aryl methyl sites for hydroxylation is 1. The highest BCUT2D eigenvalue weighted by Gasteiger charge is 2.27. The number of benzene rings is 1. The van der Waals surface area contributed by atoms with Gasteiger partial charge in [0.2, 0.25) is 0 Å². The third-order valence-corrected chi connectivity index (χ3v) is 6.20. The van der Waals surface area contributed by atoms with Gasteiger partial charge in [0.25, 0.3) is 11.8 Å². The van der Waals surface area contributed by atoms with E-state index < -0.39 is 0 Å². The molecule has 0 spiro atoms. The van der Waals surface area contributed by atoms with Gasteiger partial charge < -0.3 is 19.9 Å². The summed E-state index contributed by atoms with van der Waals surface area (Å²) in [6.45, 7) is 3.39. The summed E-state index contributed by atoms with van der Waals surface area (Å²) in [5.41, 5.74) is 3.98. The van der Waals surface area contributed by atoms with Crippen molar-refractivity contribution in [3.8, 4) is 0 Å². The van der Waals surface area contributed by atoms with Gasteiger partial charge in [-0.3, -0.25) is 9.59 Å². The third kappa shape index (κ3) is 3.57. The first kappa shape index (κ1) is 19.1. The molecule has 2 aromatic rings. The first-order chi connectivity index (χ1) is 13.4. The van der Waals surface area contributed by atoms with Crippen molar-refractivity contribution in [2.24, 2.45) is 0 Å². The van der Waals surface area contributed by atoms with Gasteiger partial charge in [-0.05, 0) is 31.2 Å². The molecule has 0 unspecified atom stereocenters. The quantitative estimate of drug-likeness (QED) is 0.686. The monoisotopic (exact) mass is 417 g/mol. The minimum atomic E-state index is -0.208. The van der Waals surface area contributed by atoms with E-state index in [9.17, 15) is 9.59 Å². The Labute approximate surface area is 172 Å². The van der Waals surface area contributed by atoms with Crippen LogP contribution in [0.3, 0.4) is 0 Å². The Balaban J connectivity index is 1.85. The lowest BCUT2D eigenvalue weighted by Gasteiger charge is -2.17. The van der Waals surface area contributed by atoms with Gasteiger partial charge in [0.05, 0.1) is 40.8 Å². The van der Waals surface area contributed by atoms with Crippen LogP contribution in [0.15, 0.2) is 23.1 Å². The Morgan fingerprint density at radius 1 is 1.18 bits per heavy atom. The van der Waals surface area contributed by atoms with Crippen molar-refractivity contribution in [3.63, 3.8) is 0 Å². The standard InChI is InChI=1S/C20H20ClN3O3S/c1-11-7-14-16(22-11)8-13-12-9-18(15(21)10-17(12)23-19(13)25)28-6-5-27-4-3-24(2)20(14)26/h7-10,22H,3-6H2,1-2H3,(H,23,25)/b13-8-. The van der Waals surface area contributed by atoms with E-state index in [-0.39, 0.29) is 11.8 Å². The normalized spacial score (nSPS) is 19.4. The number of hydrogen-bond acceptors (Lipinski definition) is 4. The summed E-state index contributed by atoms with van der Waals surface area (Å²) in [7, 11) is 1.75. The predicted octanol–water partition coefficient (Wildman–Crippen LogP) is 3.66.